The van der Waals surface area contributed by atoms with Crippen LogP contribution in [0, 0.1) is 17.5 Å². The molecule has 8 heteroatoms. The standard InChI is InChI=1S/C24H21F3N4O/c1-2-11-31-21(29-20-9-6-10-28-23(20)31)15-30(14-16-7-4-3-5-8-16)24(32)22-18(26)12-17(25)13-19(22)27/h3-10,12-13H,2,11,14-15H2,1H3. The molecular weight excluding hydrogens is 417 g/mol. The van der Waals surface area contributed by atoms with Crippen LogP contribution in [0.15, 0.2) is 60.8 Å². The number of aromatic nitrogens is 3. The van der Waals surface area contributed by atoms with Crippen LogP contribution in [0.2, 0.25) is 0 Å². The van der Waals surface area contributed by atoms with Gasteiger partial charge in [-0.3, -0.25) is 4.79 Å². The van der Waals surface area contributed by atoms with Crippen molar-refractivity contribution >= 4 is 17.1 Å². The molecule has 0 N–H and O–H groups in total. The Kier molecular flexibility index (Phi) is 6.20. The molecule has 0 saturated heterocycles. The van der Waals surface area contributed by atoms with Gasteiger partial charge in [-0.05, 0) is 24.1 Å². The number of imidazole rings is 1. The van der Waals surface area contributed by atoms with Gasteiger partial charge in [0.25, 0.3) is 5.91 Å². The maximum absolute atomic E-state index is 14.4. The fourth-order valence-corrected chi connectivity index (χ4v) is 3.66. The molecule has 0 unspecified atom stereocenters. The van der Waals surface area contributed by atoms with E-state index >= 15 is 0 Å². The molecule has 2 aromatic heterocycles. The van der Waals surface area contributed by atoms with Crippen LogP contribution in [0.1, 0.15) is 35.1 Å². The van der Waals surface area contributed by atoms with E-state index in [1.807, 2.05) is 47.9 Å². The number of fused-ring (bicyclic) bond motifs is 1. The molecule has 2 aromatic carbocycles. The van der Waals surface area contributed by atoms with Crippen molar-refractivity contribution in [3.05, 3.63) is 95.2 Å². The van der Waals surface area contributed by atoms with Crippen LogP contribution in [0.5, 0.6) is 0 Å². The van der Waals surface area contributed by atoms with Crippen LogP contribution >= 0.6 is 0 Å². The van der Waals surface area contributed by atoms with Crippen LogP contribution in [0.3, 0.4) is 0 Å². The summed E-state index contributed by atoms with van der Waals surface area (Å²) < 4.78 is 44.1. The van der Waals surface area contributed by atoms with Gasteiger partial charge in [0.2, 0.25) is 0 Å². The predicted octanol–water partition coefficient (Wildman–Crippen LogP) is 5.10. The Morgan fingerprint density at radius 1 is 1.00 bits per heavy atom. The molecule has 32 heavy (non-hydrogen) atoms. The van der Waals surface area contributed by atoms with Crippen LogP contribution in [0.25, 0.3) is 11.2 Å². The van der Waals surface area contributed by atoms with Gasteiger partial charge in [-0.15, -0.1) is 0 Å². The molecule has 0 spiro atoms. The molecule has 0 aliphatic heterocycles. The topological polar surface area (TPSA) is 51.0 Å². The quantitative estimate of drug-likeness (QED) is 0.403. The number of pyridine rings is 1. The van der Waals surface area contributed by atoms with Crippen molar-refractivity contribution in [2.24, 2.45) is 0 Å². The number of carbonyl (C=O) groups excluding carboxylic acids is 1. The Hall–Kier alpha value is -3.68. The number of hydrogen-bond donors (Lipinski definition) is 0. The summed E-state index contributed by atoms with van der Waals surface area (Å²) in [5.74, 6) is -3.90. The second-order valence-electron chi connectivity index (χ2n) is 7.42. The Morgan fingerprint density at radius 3 is 2.41 bits per heavy atom. The van der Waals surface area contributed by atoms with Crippen molar-refractivity contribution < 1.29 is 18.0 Å². The predicted molar refractivity (Wildman–Crippen MR) is 114 cm³/mol. The number of benzene rings is 2. The maximum atomic E-state index is 14.4. The Bertz CT molecular complexity index is 1230. The summed E-state index contributed by atoms with van der Waals surface area (Å²) in [6.07, 6.45) is 2.47. The van der Waals surface area contributed by atoms with E-state index < -0.39 is 28.9 Å². The molecule has 2 heterocycles. The first-order valence-electron chi connectivity index (χ1n) is 10.3. The average Bonchev–Trinajstić information content (AvgIpc) is 3.11. The van der Waals surface area contributed by atoms with Gasteiger partial charge in [-0.1, -0.05) is 37.3 Å². The third-order valence-electron chi connectivity index (χ3n) is 5.09. The fourth-order valence-electron chi connectivity index (χ4n) is 3.66. The monoisotopic (exact) mass is 438 g/mol. The minimum absolute atomic E-state index is 0.000341. The molecule has 0 fully saturated rings. The van der Waals surface area contributed by atoms with Gasteiger partial charge in [-0.2, -0.15) is 0 Å². The van der Waals surface area contributed by atoms with E-state index in [9.17, 15) is 18.0 Å². The summed E-state index contributed by atoms with van der Waals surface area (Å²) in [6.45, 7) is 2.73. The van der Waals surface area contributed by atoms with Crippen LogP contribution in [-0.2, 0) is 19.6 Å². The van der Waals surface area contributed by atoms with Gasteiger partial charge >= 0.3 is 0 Å². The minimum atomic E-state index is -1.24. The first-order chi connectivity index (χ1) is 15.5. The minimum Gasteiger partial charge on any atom is -0.327 e. The summed E-state index contributed by atoms with van der Waals surface area (Å²) in [6, 6.07) is 13.7. The summed E-state index contributed by atoms with van der Waals surface area (Å²) in [4.78, 5) is 23.6. The fraction of sp³-hybridized carbons (Fsp3) is 0.208. The third kappa shape index (κ3) is 4.34. The normalized spacial score (nSPS) is 11.1. The average molecular weight is 438 g/mol. The second-order valence-corrected chi connectivity index (χ2v) is 7.42. The lowest BCUT2D eigenvalue weighted by Crippen LogP contribution is -2.33. The highest BCUT2D eigenvalue weighted by molar-refractivity contribution is 5.94. The number of halogens is 3. The van der Waals surface area contributed by atoms with E-state index in [-0.39, 0.29) is 13.1 Å². The third-order valence-corrected chi connectivity index (χ3v) is 5.09. The number of amides is 1. The zero-order valence-electron chi connectivity index (χ0n) is 17.4. The number of rotatable bonds is 7. The molecule has 0 bridgehead atoms. The molecule has 5 nitrogen and oxygen atoms in total. The Morgan fingerprint density at radius 2 is 1.72 bits per heavy atom. The van der Waals surface area contributed by atoms with E-state index in [1.165, 1.54) is 4.90 Å². The van der Waals surface area contributed by atoms with Gasteiger partial charge in [0.05, 0.1) is 6.54 Å². The molecule has 0 aliphatic carbocycles. The van der Waals surface area contributed by atoms with Crippen molar-refractivity contribution in [3.8, 4) is 0 Å². The molecule has 0 saturated carbocycles. The van der Waals surface area contributed by atoms with Crippen molar-refractivity contribution in [1.82, 2.24) is 19.4 Å². The molecular formula is C24H21F3N4O. The lowest BCUT2D eigenvalue weighted by molar-refractivity contribution is 0.0713. The van der Waals surface area contributed by atoms with E-state index in [2.05, 4.69) is 9.97 Å². The maximum Gasteiger partial charge on any atom is 0.260 e. The Balaban J connectivity index is 1.76. The zero-order valence-corrected chi connectivity index (χ0v) is 17.4. The zero-order chi connectivity index (χ0) is 22.7. The van der Waals surface area contributed by atoms with E-state index in [4.69, 9.17) is 0 Å². The summed E-state index contributed by atoms with van der Waals surface area (Å²) >= 11 is 0. The van der Waals surface area contributed by atoms with Crippen molar-refractivity contribution in [2.75, 3.05) is 0 Å². The first kappa shape index (κ1) is 21.5. The first-order valence-corrected chi connectivity index (χ1v) is 10.3. The molecule has 0 atom stereocenters. The van der Waals surface area contributed by atoms with Gasteiger partial charge in [-0.25, -0.2) is 23.1 Å². The van der Waals surface area contributed by atoms with E-state index in [0.29, 0.717) is 35.7 Å². The number of hydrogen-bond acceptors (Lipinski definition) is 3. The molecule has 0 aliphatic rings. The largest absolute Gasteiger partial charge is 0.327 e. The highest BCUT2D eigenvalue weighted by atomic mass is 19.1. The number of nitrogens with zero attached hydrogens (tertiary/aromatic N) is 4. The van der Waals surface area contributed by atoms with Crippen molar-refractivity contribution in [3.63, 3.8) is 0 Å². The smallest absolute Gasteiger partial charge is 0.260 e. The summed E-state index contributed by atoms with van der Waals surface area (Å²) in [7, 11) is 0. The SMILES string of the molecule is CCCn1c(CN(Cc2ccccc2)C(=O)c2c(F)cc(F)cc2F)nc2cccnc21. The van der Waals surface area contributed by atoms with Crippen molar-refractivity contribution in [1.29, 1.82) is 0 Å². The lowest BCUT2D eigenvalue weighted by Gasteiger charge is -2.23. The second kappa shape index (κ2) is 9.21. The summed E-state index contributed by atoms with van der Waals surface area (Å²) in [5, 5.41) is 0. The van der Waals surface area contributed by atoms with Gasteiger partial charge in [0, 0.05) is 31.4 Å². The van der Waals surface area contributed by atoms with Crippen LogP contribution < -0.4 is 0 Å². The molecule has 164 valence electrons. The number of carbonyl (C=O) groups is 1. The molecule has 0 radical (unpaired) electrons. The Labute approximate surface area is 183 Å². The highest BCUT2D eigenvalue weighted by Gasteiger charge is 2.26. The molecule has 4 rings (SSSR count). The van der Waals surface area contributed by atoms with Crippen LogP contribution in [0.4, 0.5) is 13.2 Å². The summed E-state index contributed by atoms with van der Waals surface area (Å²) in [5.41, 5.74) is 1.33. The number of aryl methyl sites for hydroxylation is 1. The molecule has 1 amide bonds. The van der Waals surface area contributed by atoms with Gasteiger partial charge in [0.15, 0.2) is 5.65 Å². The van der Waals surface area contributed by atoms with Crippen LogP contribution in [-0.4, -0.2) is 25.3 Å². The van der Waals surface area contributed by atoms with Gasteiger partial charge < -0.3 is 9.47 Å². The highest BCUT2D eigenvalue weighted by Crippen LogP contribution is 2.22. The van der Waals surface area contributed by atoms with Crippen molar-refractivity contribution in [2.45, 2.75) is 33.0 Å². The van der Waals surface area contributed by atoms with E-state index in [0.717, 1.165) is 12.0 Å². The molecule has 4 aromatic rings. The lowest BCUT2D eigenvalue weighted by atomic mass is 10.1. The van der Waals surface area contributed by atoms with E-state index in [1.54, 1.807) is 12.3 Å². The van der Waals surface area contributed by atoms with Gasteiger partial charge in [0.1, 0.15) is 34.4 Å².